The van der Waals surface area contributed by atoms with Gasteiger partial charge in [-0.25, -0.2) is 0 Å². The van der Waals surface area contributed by atoms with Crippen LogP contribution >= 0.6 is 27.5 Å². The highest BCUT2D eigenvalue weighted by atomic mass is 79.9. The number of hydrogen-bond donors (Lipinski definition) is 0. The second kappa shape index (κ2) is 8.71. The summed E-state index contributed by atoms with van der Waals surface area (Å²) in [6, 6.07) is 25.2. The summed E-state index contributed by atoms with van der Waals surface area (Å²) < 4.78 is 7.00. The molecule has 0 N–H and O–H groups in total. The maximum Gasteiger partial charge on any atom is 0.127 e. The maximum atomic E-state index is 9.57. The molecule has 0 saturated heterocycles. The Balaban J connectivity index is 1.87. The van der Waals surface area contributed by atoms with Gasteiger partial charge in [-0.05, 0) is 35.9 Å². The summed E-state index contributed by atoms with van der Waals surface area (Å²) >= 11 is 9.66. The summed E-state index contributed by atoms with van der Waals surface area (Å²) in [5.41, 5.74) is 3.11. The largest absolute Gasteiger partial charge is 0.488 e. The van der Waals surface area contributed by atoms with E-state index in [0.717, 1.165) is 21.3 Å². The lowest BCUT2D eigenvalue weighted by Crippen LogP contribution is -1.97. The van der Waals surface area contributed by atoms with E-state index in [-0.39, 0.29) is 0 Å². The van der Waals surface area contributed by atoms with E-state index in [1.54, 1.807) is 12.1 Å². The van der Waals surface area contributed by atoms with Crippen molar-refractivity contribution in [1.82, 2.24) is 0 Å². The normalized spacial score (nSPS) is 11.0. The SMILES string of the molecule is N#CC(=Cc1ccccc1OCc1ccc(Br)cc1)c1ccccc1Cl. The maximum absolute atomic E-state index is 9.57. The van der Waals surface area contributed by atoms with Crippen LogP contribution in [0, 0.1) is 11.3 Å². The predicted octanol–water partition coefficient (Wildman–Crippen LogP) is 6.75. The number of allylic oxidation sites excluding steroid dienone is 1. The van der Waals surface area contributed by atoms with Crippen LogP contribution in [0.25, 0.3) is 11.6 Å². The van der Waals surface area contributed by atoms with Crippen LogP contribution in [0.4, 0.5) is 0 Å². The van der Waals surface area contributed by atoms with Crippen LogP contribution in [-0.4, -0.2) is 0 Å². The van der Waals surface area contributed by atoms with Crippen LogP contribution in [0.15, 0.2) is 77.3 Å². The van der Waals surface area contributed by atoms with Gasteiger partial charge in [0.25, 0.3) is 0 Å². The van der Waals surface area contributed by atoms with E-state index in [4.69, 9.17) is 16.3 Å². The molecule has 3 rings (SSSR count). The number of nitriles is 1. The summed E-state index contributed by atoms with van der Waals surface area (Å²) in [6.45, 7) is 0.451. The van der Waals surface area contributed by atoms with Crippen molar-refractivity contribution < 1.29 is 4.74 Å². The number of rotatable bonds is 5. The first-order valence-corrected chi connectivity index (χ1v) is 9.17. The Morgan fingerprint density at radius 3 is 2.42 bits per heavy atom. The number of hydrogen-bond acceptors (Lipinski definition) is 2. The molecule has 2 nitrogen and oxygen atoms in total. The first-order chi connectivity index (χ1) is 12.7. The minimum Gasteiger partial charge on any atom is -0.488 e. The third-order valence-corrected chi connectivity index (χ3v) is 4.67. The van der Waals surface area contributed by atoms with Gasteiger partial charge in [-0.15, -0.1) is 0 Å². The molecule has 0 aliphatic heterocycles. The van der Waals surface area contributed by atoms with Gasteiger partial charge in [-0.1, -0.05) is 76.1 Å². The van der Waals surface area contributed by atoms with Gasteiger partial charge in [0.05, 0.1) is 11.6 Å². The van der Waals surface area contributed by atoms with Crippen molar-refractivity contribution in [3.63, 3.8) is 0 Å². The fraction of sp³-hybridized carbons (Fsp3) is 0.0455. The zero-order valence-electron chi connectivity index (χ0n) is 13.8. The molecule has 0 aliphatic rings. The van der Waals surface area contributed by atoms with Gasteiger partial charge in [0.1, 0.15) is 12.4 Å². The van der Waals surface area contributed by atoms with Gasteiger partial charge in [-0.2, -0.15) is 5.26 Å². The summed E-state index contributed by atoms with van der Waals surface area (Å²) in [6.07, 6.45) is 1.80. The van der Waals surface area contributed by atoms with E-state index in [1.165, 1.54) is 0 Å². The molecule has 0 radical (unpaired) electrons. The van der Waals surface area contributed by atoms with Crippen molar-refractivity contribution in [2.75, 3.05) is 0 Å². The molecule has 0 amide bonds. The summed E-state index contributed by atoms with van der Waals surface area (Å²) in [7, 11) is 0. The molecule has 0 aromatic heterocycles. The van der Waals surface area contributed by atoms with Crippen LogP contribution in [0.2, 0.25) is 5.02 Å². The predicted molar refractivity (Wildman–Crippen MR) is 110 cm³/mol. The van der Waals surface area contributed by atoms with Crippen molar-refractivity contribution in [2.45, 2.75) is 6.61 Å². The lowest BCUT2D eigenvalue weighted by molar-refractivity contribution is 0.305. The summed E-state index contributed by atoms with van der Waals surface area (Å²) in [4.78, 5) is 0. The standard InChI is InChI=1S/C22H15BrClNO/c23-19-11-9-16(10-12-19)15-26-22-8-4-1-5-17(22)13-18(14-25)20-6-2-3-7-21(20)24/h1-13H,15H2. The third kappa shape index (κ3) is 4.54. The Labute approximate surface area is 166 Å². The number of nitrogens with zero attached hydrogens (tertiary/aromatic N) is 1. The molecule has 0 saturated carbocycles. The Morgan fingerprint density at radius 2 is 1.69 bits per heavy atom. The van der Waals surface area contributed by atoms with E-state index in [2.05, 4.69) is 22.0 Å². The van der Waals surface area contributed by atoms with Crippen molar-refractivity contribution in [1.29, 1.82) is 5.26 Å². The molecule has 0 bridgehead atoms. The molecule has 0 atom stereocenters. The molecule has 0 fully saturated rings. The average molecular weight is 425 g/mol. The molecule has 3 aromatic carbocycles. The number of ether oxygens (including phenoxy) is 1. The van der Waals surface area contributed by atoms with Gasteiger partial charge in [0.15, 0.2) is 0 Å². The molecule has 128 valence electrons. The fourth-order valence-corrected chi connectivity index (χ4v) is 2.98. The zero-order chi connectivity index (χ0) is 18.4. The molecule has 0 heterocycles. The fourth-order valence-electron chi connectivity index (χ4n) is 2.48. The minimum atomic E-state index is 0.451. The van der Waals surface area contributed by atoms with Crippen LogP contribution in [-0.2, 0) is 6.61 Å². The van der Waals surface area contributed by atoms with Crippen LogP contribution in [0.3, 0.4) is 0 Å². The van der Waals surface area contributed by atoms with Gasteiger partial charge >= 0.3 is 0 Å². The molecular weight excluding hydrogens is 410 g/mol. The smallest absolute Gasteiger partial charge is 0.127 e. The Morgan fingerprint density at radius 1 is 1.00 bits per heavy atom. The average Bonchev–Trinajstić information content (AvgIpc) is 2.67. The van der Waals surface area contributed by atoms with Crippen molar-refractivity contribution in [3.8, 4) is 11.8 Å². The lowest BCUT2D eigenvalue weighted by atomic mass is 10.0. The molecule has 0 unspecified atom stereocenters. The van der Waals surface area contributed by atoms with E-state index >= 15 is 0 Å². The van der Waals surface area contributed by atoms with Gasteiger partial charge in [-0.3, -0.25) is 0 Å². The number of benzene rings is 3. The second-order valence-electron chi connectivity index (χ2n) is 5.60. The summed E-state index contributed by atoms with van der Waals surface area (Å²) in [5, 5.41) is 10.1. The summed E-state index contributed by atoms with van der Waals surface area (Å²) in [5.74, 6) is 0.718. The number of halogens is 2. The van der Waals surface area contributed by atoms with Gasteiger partial charge in [0, 0.05) is 20.6 Å². The molecular formula is C22H15BrClNO. The van der Waals surface area contributed by atoms with Crippen LogP contribution in [0.5, 0.6) is 5.75 Å². The highest BCUT2D eigenvalue weighted by Gasteiger charge is 2.08. The van der Waals surface area contributed by atoms with Crippen molar-refractivity contribution in [3.05, 3.63) is 99.0 Å². The minimum absolute atomic E-state index is 0.451. The van der Waals surface area contributed by atoms with Gasteiger partial charge < -0.3 is 4.74 Å². The molecule has 4 heteroatoms. The van der Waals surface area contributed by atoms with Gasteiger partial charge in [0.2, 0.25) is 0 Å². The van der Waals surface area contributed by atoms with Crippen LogP contribution in [0.1, 0.15) is 16.7 Å². The Kier molecular flexibility index (Phi) is 6.12. The lowest BCUT2D eigenvalue weighted by Gasteiger charge is -2.10. The molecule has 26 heavy (non-hydrogen) atoms. The van der Waals surface area contributed by atoms with Crippen LogP contribution < -0.4 is 4.74 Å². The Hall–Kier alpha value is -2.54. The third-order valence-electron chi connectivity index (χ3n) is 3.81. The molecule has 0 aliphatic carbocycles. The topological polar surface area (TPSA) is 33.0 Å². The quantitative estimate of drug-likeness (QED) is 0.335. The van der Waals surface area contributed by atoms with Crippen molar-refractivity contribution in [2.24, 2.45) is 0 Å². The van der Waals surface area contributed by atoms with Crippen molar-refractivity contribution >= 4 is 39.2 Å². The Bertz CT molecular complexity index is 974. The van der Waals surface area contributed by atoms with E-state index < -0.39 is 0 Å². The van der Waals surface area contributed by atoms with E-state index in [1.807, 2.05) is 66.7 Å². The molecule has 0 spiro atoms. The highest BCUT2D eigenvalue weighted by Crippen LogP contribution is 2.28. The first kappa shape index (κ1) is 18.3. The second-order valence-corrected chi connectivity index (χ2v) is 6.93. The highest BCUT2D eigenvalue weighted by molar-refractivity contribution is 9.10. The van der Waals surface area contributed by atoms with E-state index in [0.29, 0.717) is 22.8 Å². The number of para-hydroxylation sites is 1. The monoisotopic (exact) mass is 423 g/mol. The van der Waals surface area contributed by atoms with E-state index in [9.17, 15) is 5.26 Å². The zero-order valence-corrected chi connectivity index (χ0v) is 16.2. The molecule has 3 aromatic rings. The first-order valence-electron chi connectivity index (χ1n) is 8.00.